The molecule has 2 aromatic carbocycles. The summed E-state index contributed by atoms with van der Waals surface area (Å²) >= 11 is 1.61. The summed E-state index contributed by atoms with van der Waals surface area (Å²) in [6, 6.07) is 17.1. The summed E-state index contributed by atoms with van der Waals surface area (Å²) in [5, 5.41) is 8.63. The quantitative estimate of drug-likeness (QED) is 0.585. The highest BCUT2D eigenvalue weighted by Crippen LogP contribution is 2.23. The van der Waals surface area contributed by atoms with Gasteiger partial charge >= 0.3 is 0 Å². The third-order valence-corrected chi connectivity index (χ3v) is 5.20. The van der Waals surface area contributed by atoms with Crippen LogP contribution in [0.5, 0.6) is 0 Å². The Labute approximate surface area is 174 Å². The van der Waals surface area contributed by atoms with Gasteiger partial charge in [-0.25, -0.2) is 4.98 Å². The molecule has 1 heterocycles. The van der Waals surface area contributed by atoms with Crippen LogP contribution in [0.3, 0.4) is 0 Å². The smallest absolute Gasteiger partial charge is 0.238 e. The Balaban J connectivity index is 1.55. The number of aromatic nitrogens is 1. The third-order valence-electron chi connectivity index (χ3n) is 4.26. The van der Waals surface area contributed by atoms with Gasteiger partial charge < -0.3 is 10.6 Å². The second kappa shape index (κ2) is 9.95. The highest BCUT2D eigenvalue weighted by Gasteiger charge is 2.13. The van der Waals surface area contributed by atoms with Crippen molar-refractivity contribution in [2.45, 2.75) is 20.4 Å². The van der Waals surface area contributed by atoms with Gasteiger partial charge in [-0.1, -0.05) is 37.3 Å². The minimum atomic E-state index is -0.127. The van der Waals surface area contributed by atoms with Crippen LogP contribution in [0.15, 0.2) is 60.0 Å². The molecule has 0 unspecified atom stereocenters. The lowest BCUT2D eigenvalue weighted by Gasteiger charge is -2.18. The Morgan fingerprint density at radius 1 is 1.00 bits per heavy atom. The van der Waals surface area contributed by atoms with E-state index in [9.17, 15) is 9.59 Å². The summed E-state index contributed by atoms with van der Waals surface area (Å²) in [6.07, 6.45) is 0. The lowest BCUT2D eigenvalue weighted by atomic mass is 10.2. The zero-order valence-corrected chi connectivity index (χ0v) is 17.3. The largest absolute Gasteiger partial charge is 0.326 e. The number of carbonyl (C=O) groups excluding carboxylic acids is 2. The Morgan fingerprint density at radius 2 is 1.66 bits per heavy atom. The van der Waals surface area contributed by atoms with Gasteiger partial charge in [0.1, 0.15) is 5.01 Å². The van der Waals surface area contributed by atoms with Gasteiger partial charge in [-0.2, -0.15) is 0 Å². The molecule has 0 radical (unpaired) electrons. The van der Waals surface area contributed by atoms with Crippen molar-refractivity contribution >= 4 is 34.5 Å². The SMILES string of the molecule is CCN(CC(=O)Nc1ccc(NC(C)=O)cc1)Cc1csc(-c2ccccc2)n1. The first-order valence-corrected chi connectivity index (χ1v) is 10.3. The highest BCUT2D eigenvalue weighted by molar-refractivity contribution is 7.13. The Bertz CT molecular complexity index is 954. The first kappa shape index (κ1) is 20.7. The van der Waals surface area contributed by atoms with Crippen LogP contribution in [0, 0.1) is 0 Å². The van der Waals surface area contributed by atoms with Crippen molar-refractivity contribution in [3.63, 3.8) is 0 Å². The summed E-state index contributed by atoms with van der Waals surface area (Å²) in [5.41, 5.74) is 3.46. The van der Waals surface area contributed by atoms with Gasteiger partial charge in [-0.3, -0.25) is 14.5 Å². The second-order valence-electron chi connectivity index (χ2n) is 6.62. The van der Waals surface area contributed by atoms with E-state index in [0.29, 0.717) is 17.9 Å². The minimum Gasteiger partial charge on any atom is -0.326 e. The monoisotopic (exact) mass is 408 g/mol. The van der Waals surface area contributed by atoms with Crippen LogP contribution >= 0.6 is 11.3 Å². The van der Waals surface area contributed by atoms with E-state index in [2.05, 4.69) is 10.6 Å². The molecule has 0 bridgehead atoms. The standard InChI is InChI=1S/C22H24N4O2S/c1-3-26(13-20-15-29-22(25-20)17-7-5-4-6-8-17)14-21(28)24-19-11-9-18(10-12-19)23-16(2)27/h4-12,15H,3,13-14H2,1-2H3,(H,23,27)(H,24,28). The van der Waals surface area contributed by atoms with E-state index in [4.69, 9.17) is 4.98 Å². The van der Waals surface area contributed by atoms with Crippen molar-refractivity contribution < 1.29 is 9.59 Å². The number of hydrogen-bond donors (Lipinski definition) is 2. The molecule has 0 saturated heterocycles. The number of anilines is 2. The number of thiazole rings is 1. The lowest BCUT2D eigenvalue weighted by Crippen LogP contribution is -2.32. The first-order valence-electron chi connectivity index (χ1n) is 9.43. The van der Waals surface area contributed by atoms with Gasteiger partial charge in [0.2, 0.25) is 11.8 Å². The molecule has 7 heteroatoms. The molecule has 2 N–H and O–H groups in total. The molecule has 6 nitrogen and oxygen atoms in total. The highest BCUT2D eigenvalue weighted by atomic mass is 32.1. The molecular formula is C22H24N4O2S. The minimum absolute atomic E-state index is 0.0855. The summed E-state index contributed by atoms with van der Waals surface area (Å²) in [6.45, 7) is 5.13. The Hall–Kier alpha value is -3.03. The van der Waals surface area contributed by atoms with Crippen LogP contribution in [0.25, 0.3) is 10.6 Å². The fraction of sp³-hybridized carbons (Fsp3) is 0.227. The van der Waals surface area contributed by atoms with Crippen LogP contribution < -0.4 is 10.6 Å². The van der Waals surface area contributed by atoms with E-state index >= 15 is 0 Å². The van der Waals surface area contributed by atoms with E-state index in [-0.39, 0.29) is 18.4 Å². The van der Waals surface area contributed by atoms with Gasteiger partial charge in [-0.15, -0.1) is 11.3 Å². The van der Waals surface area contributed by atoms with Crippen LogP contribution in [0.2, 0.25) is 0 Å². The maximum atomic E-state index is 12.4. The number of amides is 2. The molecule has 0 aliphatic rings. The Morgan fingerprint density at radius 3 is 2.28 bits per heavy atom. The number of nitrogens with one attached hydrogen (secondary N) is 2. The number of carbonyl (C=O) groups is 2. The van der Waals surface area contributed by atoms with Crippen LogP contribution in [0.1, 0.15) is 19.5 Å². The average molecular weight is 409 g/mol. The van der Waals surface area contributed by atoms with E-state index < -0.39 is 0 Å². The normalized spacial score (nSPS) is 10.7. The molecule has 150 valence electrons. The van der Waals surface area contributed by atoms with E-state index in [1.54, 1.807) is 35.6 Å². The van der Waals surface area contributed by atoms with Gasteiger partial charge in [0.25, 0.3) is 0 Å². The number of rotatable bonds is 8. The van der Waals surface area contributed by atoms with E-state index in [0.717, 1.165) is 22.8 Å². The molecule has 0 atom stereocenters. The topological polar surface area (TPSA) is 74.3 Å². The van der Waals surface area contributed by atoms with Crippen molar-refractivity contribution in [3.05, 3.63) is 65.7 Å². The summed E-state index contributed by atoms with van der Waals surface area (Å²) < 4.78 is 0. The molecule has 29 heavy (non-hydrogen) atoms. The molecule has 2 amide bonds. The summed E-state index contributed by atoms with van der Waals surface area (Å²) in [4.78, 5) is 30.2. The van der Waals surface area contributed by atoms with Crippen molar-refractivity contribution in [1.82, 2.24) is 9.88 Å². The summed E-state index contributed by atoms with van der Waals surface area (Å²) in [5.74, 6) is -0.213. The number of nitrogens with zero attached hydrogens (tertiary/aromatic N) is 2. The van der Waals surface area contributed by atoms with Crippen LogP contribution in [0.4, 0.5) is 11.4 Å². The van der Waals surface area contributed by atoms with E-state index in [1.165, 1.54) is 6.92 Å². The van der Waals surface area contributed by atoms with Crippen LogP contribution in [-0.4, -0.2) is 34.8 Å². The fourth-order valence-corrected chi connectivity index (χ4v) is 3.66. The van der Waals surface area contributed by atoms with Crippen molar-refractivity contribution in [3.8, 4) is 10.6 Å². The molecule has 3 aromatic rings. The molecule has 0 aliphatic carbocycles. The van der Waals surface area contributed by atoms with Crippen LogP contribution in [-0.2, 0) is 16.1 Å². The molecule has 0 spiro atoms. The lowest BCUT2D eigenvalue weighted by molar-refractivity contribution is -0.117. The number of likely N-dealkylation sites (N-methyl/N-ethyl adjacent to an activating group) is 1. The maximum absolute atomic E-state index is 12.4. The van der Waals surface area contributed by atoms with Gasteiger partial charge in [0.05, 0.1) is 12.2 Å². The van der Waals surface area contributed by atoms with Gasteiger partial charge in [0.15, 0.2) is 0 Å². The number of hydrogen-bond acceptors (Lipinski definition) is 5. The molecule has 3 rings (SSSR count). The molecule has 1 aromatic heterocycles. The fourth-order valence-electron chi connectivity index (χ4n) is 2.85. The number of benzene rings is 2. The third kappa shape index (κ3) is 6.23. The predicted molar refractivity (Wildman–Crippen MR) is 118 cm³/mol. The van der Waals surface area contributed by atoms with Crippen molar-refractivity contribution in [1.29, 1.82) is 0 Å². The molecule has 0 aliphatic heterocycles. The molecular weight excluding hydrogens is 384 g/mol. The second-order valence-corrected chi connectivity index (χ2v) is 7.48. The van der Waals surface area contributed by atoms with Crippen molar-refractivity contribution in [2.24, 2.45) is 0 Å². The Kier molecular flexibility index (Phi) is 7.10. The zero-order valence-electron chi connectivity index (χ0n) is 16.5. The molecule has 0 saturated carbocycles. The van der Waals surface area contributed by atoms with Gasteiger partial charge in [0, 0.05) is 35.8 Å². The maximum Gasteiger partial charge on any atom is 0.238 e. The van der Waals surface area contributed by atoms with Crippen molar-refractivity contribution in [2.75, 3.05) is 23.7 Å². The van der Waals surface area contributed by atoms with Gasteiger partial charge in [-0.05, 0) is 30.8 Å². The predicted octanol–water partition coefficient (Wildman–Crippen LogP) is 4.23. The molecule has 0 fully saturated rings. The van der Waals surface area contributed by atoms with E-state index in [1.807, 2.05) is 47.5 Å². The average Bonchev–Trinajstić information content (AvgIpc) is 3.18. The summed E-state index contributed by atoms with van der Waals surface area (Å²) in [7, 11) is 0. The zero-order chi connectivity index (χ0) is 20.6. The first-order chi connectivity index (χ1) is 14.0.